The molecule has 0 aliphatic rings. The van der Waals surface area contributed by atoms with Crippen molar-refractivity contribution in [3.05, 3.63) is 23.8 Å². The monoisotopic (exact) mass is 236 g/mol. The summed E-state index contributed by atoms with van der Waals surface area (Å²) in [5, 5.41) is 12.1. The molecule has 1 aromatic carbocycles. The molecular formula is C14H24N2O. The van der Waals surface area contributed by atoms with Gasteiger partial charge in [0, 0.05) is 38.6 Å². The van der Waals surface area contributed by atoms with E-state index in [9.17, 15) is 0 Å². The Kier molecular flexibility index (Phi) is 5.84. The minimum atomic E-state index is 0.301. The molecule has 0 amide bonds. The summed E-state index contributed by atoms with van der Waals surface area (Å²) in [5.74, 6) is 0. The minimum absolute atomic E-state index is 0.301. The molecule has 0 aliphatic heterocycles. The second-order valence-corrected chi connectivity index (χ2v) is 4.61. The van der Waals surface area contributed by atoms with Crippen LogP contribution in [0.2, 0.25) is 0 Å². The molecule has 0 aliphatic carbocycles. The Morgan fingerprint density at radius 1 is 1.18 bits per heavy atom. The highest BCUT2D eigenvalue weighted by Crippen LogP contribution is 2.22. The Bertz CT molecular complexity index is 337. The van der Waals surface area contributed by atoms with Crippen LogP contribution in [-0.4, -0.2) is 32.4 Å². The second-order valence-electron chi connectivity index (χ2n) is 4.61. The maximum Gasteiger partial charge on any atom is 0.0431 e. The number of hydrogen-bond acceptors (Lipinski definition) is 3. The SMILES string of the molecule is Cc1ccc(NCCCCCO)cc1N(C)C. The van der Waals surface area contributed by atoms with Crippen molar-refractivity contribution in [3.8, 4) is 0 Å². The average molecular weight is 236 g/mol. The van der Waals surface area contributed by atoms with E-state index in [1.807, 2.05) is 0 Å². The molecule has 0 saturated carbocycles. The summed E-state index contributed by atoms with van der Waals surface area (Å²) in [6.07, 6.45) is 3.08. The van der Waals surface area contributed by atoms with Gasteiger partial charge in [0.2, 0.25) is 0 Å². The number of benzene rings is 1. The smallest absolute Gasteiger partial charge is 0.0431 e. The third-order valence-corrected chi connectivity index (χ3v) is 2.85. The van der Waals surface area contributed by atoms with Crippen molar-refractivity contribution in [3.63, 3.8) is 0 Å². The van der Waals surface area contributed by atoms with Crippen LogP contribution in [0, 0.1) is 6.92 Å². The zero-order valence-electron chi connectivity index (χ0n) is 11.2. The molecule has 0 saturated heterocycles. The Balaban J connectivity index is 2.46. The Morgan fingerprint density at radius 3 is 2.59 bits per heavy atom. The Morgan fingerprint density at radius 2 is 1.94 bits per heavy atom. The number of aliphatic hydroxyl groups excluding tert-OH is 1. The zero-order valence-corrected chi connectivity index (χ0v) is 11.2. The number of rotatable bonds is 7. The van der Waals surface area contributed by atoms with E-state index in [2.05, 4.69) is 49.4 Å². The van der Waals surface area contributed by atoms with E-state index in [-0.39, 0.29) is 0 Å². The van der Waals surface area contributed by atoms with E-state index in [4.69, 9.17) is 5.11 Å². The average Bonchev–Trinajstić information content (AvgIpc) is 2.30. The van der Waals surface area contributed by atoms with Crippen LogP contribution in [0.25, 0.3) is 0 Å². The van der Waals surface area contributed by atoms with Gasteiger partial charge in [0.05, 0.1) is 0 Å². The molecule has 0 atom stereocenters. The summed E-state index contributed by atoms with van der Waals surface area (Å²) in [5.41, 5.74) is 3.72. The predicted octanol–water partition coefficient (Wildman–Crippen LogP) is 2.64. The molecule has 96 valence electrons. The fraction of sp³-hybridized carbons (Fsp3) is 0.571. The van der Waals surface area contributed by atoms with E-state index < -0.39 is 0 Å². The lowest BCUT2D eigenvalue weighted by Crippen LogP contribution is -2.11. The molecule has 0 fully saturated rings. The summed E-state index contributed by atoms with van der Waals surface area (Å²) in [6, 6.07) is 6.45. The largest absolute Gasteiger partial charge is 0.396 e. The lowest BCUT2D eigenvalue weighted by atomic mass is 10.1. The number of nitrogens with zero attached hydrogens (tertiary/aromatic N) is 1. The Hall–Kier alpha value is -1.22. The van der Waals surface area contributed by atoms with E-state index in [1.165, 1.54) is 16.9 Å². The van der Waals surface area contributed by atoms with Crippen LogP contribution in [0.1, 0.15) is 24.8 Å². The van der Waals surface area contributed by atoms with Gasteiger partial charge in [-0.2, -0.15) is 0 Å². The molecule has 2 N–H and O–H groups in total. The summed E-state index contributed by atoms with van der Waals surface area (Å²) in [6.45, 7) is 3.39. The van der Waals surface area contributed by atoms with Crippen molar-refractivity contribution in [2.45, 2.75) is 26.2 Å². The van der Waals surface area contributed by atoms with Gasteiger partial charge in [-0.15, -0.1) is 0 Å². The highest BCUT2D eigenvalue weighted by atomic mass is 16.2. The fourth-order valence-corrected chi connectivity index (χ4v) is 1.85. The van der Waals surface area contributed by atoms with Crippen LogP contribution in [0.3, 0.4) is 0 Å². The maximum atomic E-state index is 8.68. The standard InChI is InChI=1S/C14H24N2O/c1-12-7-8-13(11-14(12)16(2)3)15-9-5-4-6-10-17/h7-8,11,15,17H,4-6,9-10H2,1-3H3. The third kappa shape index (κ3) is 4.65. The molecule has 0 bridgehead atoms. The first-order valence-corrected chi connectivity index (χ1v) is 6.28. The van der Waals surface area contributed by atoms with Crippen molar-refractivity contribution in [2.24, 2.45) is 0 Å². The number of nitrogens with one attached hydrogen (secondary N) is 1. The molecule has 1 aromatic rings. The van der Waals surface area contributed by atoms with Gasteiger partial charge in [0.1, 0.15) is 0 Å². The fourth-order valence-electron chi connectivity index (χ4n) is 1.85. The van der Waals surface area contributed by atoms with Gasteiger partial charge in [-0.25, -0.2) is 0 Å². The molecule has 1 rings (SSSR count). The van der Waals surface area contributed by atoms with Gasteiger partial charge in [0.25, 0.3) is 0 Å². The van der Waals surface area contributed by atoms with Gasteiger partial charge in [-0.3, -0.25) is 0 Å². The summed E-state index contributed by atoms with van der Waals surface area (Å²) < 4.78 is 0. The molecule has 0 spiro atoms. The first-order valence-electron chi connectivity index (χ1n) is 6.28. The van der Waals surface area contributed by atoms with Gasteiger partial charge < -0.3 is 15.3 Å². The van der Waals surface area contributed by atoms with Crippen molar-refractivity contribution in [2.75, 3.05) is 37.5 Å². The number of hydrogen-bond donors (Lipinski definition) is 2. The van der Waals surface area contributed by atoms with Gasteiger partial charge >= 0.3 is 0 Å². The number of anilines is 2. The Labute approximate surface area is 104 Å². The minimum Gasteiger partial charge on any atom is -0.396 e. The lowest BCUT2D eigenvalue weighted by Gasteiger charge is -2.17. The molecule has 3 heteroatoms. The molecule has 0 unspecified atom stereocenters. The van der Waals surface area contributed by atoms with E-state index in [0.717, 1.165) is 25.8 Å². The van der Waals surface area contributed by atoms with Crippen LogP contribution in [0.4, 0.5) is 11.4 Å². The second kappa shape index (κ2) is 7.17. The first-order chi connectivity index (χ1) is 8.15. The van der Waals surface area contributed by atoms with E-state index >= 15 is 0 Å². The van der Waals surface area contributed by atoms with Crippen LogP contribution in [0.15, 0.2) is 18.2 Å². The summed E-state index contributed by atoms with van der Waals surface area (Å²) in [7, 11) is 4.13. The van der Waals surface area contributed by atoms with Crippen molar-refractivity contribution >= 4 is 11.4 Å². The van der Waals surface area contributed by atoms with Crippen LogP contribution < -0.4 is 10.2 Å². The van der Waals surface area contributed by atoms with Crippen LogP contribution >= 0.6 is 0 Å². The van der Waals surface area contributed by atoms with Crippen molar-refractivity contribution in [1.82, 2.24) is 0 Å². The third-order valence-electron chi connectivity index (χ3n) is 2.85. The molecule has 17 heavy (non-hydrogen) atoms. The normalized spacial score (nSPS) is 10.4. The first kappa shape index (κ1) is 13.8. The molecule has 0 heterocycles. The van der Waals surface area contributed by atoms with Crippen LogP contribution in [0.5, 0.6) is 0 Å². The maximum absolute atomic E-state index is 8.68. The topological polar surface area (TPSA) is 35.5 Å². The predicted molar refractivity (Wildman–Crippen MR) is 74.9 cm³/mol. The number of aryl methyl sites for hydroxylation is 1. The van der Waals surface area contributed by atoms with E-state index in [1.54, 1.807) is 0 Å². The van der Waals surface area contributed by atoms with Gasteiger partial charge in [-0.1, -0.05) is 6.07 Å². The highest BCUT2D eigenvalue weighted by molar-refractivity contribution is 5.61. The number of aliphatic hydroxyl groups is 1. The van der Waals surface area contributed by atoms with Crippen molar-refractivity contribution < 1.29 is 5.11 Å². The van der Waals surface area contributed by atoms with Gasteiger partial charge in [0.15, 0.2) is 0 Å². The van der Waals surface area contributed by atoms with Crippen LogP contribution in [-0.2, 0) is 0 Å². The summed E-state index contributed by atoms with van der Waals surface area (Å²) in [4.78, 5) is 2.13. The molecule has 3 nitrogen and oxygen atoms in total. The highest BCUT2D eigenvalue weighted by Gasteiger charge is 2.01. The zero-order chi connectivity index (χ0) is 12.7. The lowest BCUT2D eigenvalue weighted by molar-refractivity contribution is 0.283. The molecule has 0 aromatic heterocycles. The molecular weight excluding hydrogens is 212 g/mol. The quantitative estimate of drug-likeness (QED) is 0.714. The van der Waals surface area contributed by atoms with Crippen molar-refractivity contribution in [1.29, 1.82) is 0 Å². The molecule has 0 radical (unpaired) electrons. The van der Waals surface area contributed by atoms with E-state index in [0.29, 0.717) is 6.61 Å². The van der Waals surface area contributed by atoms with Gasteiger partial charge in [-0.05, 0) is 43.9 Å². The number of unbranched alkanes of at least 4 members (excludes halogenated alkanes) is 2. The summed E-state index contributed by atoms with van der Waals surface area (Å²) >= 11 is 0.